The third-order valence-electron chi connectivity index (χ3n) is 4.19. The van der Waals surface area contributed by atoms with Gasteiger partial charge in [-0.15, -0.1) is 0 Å². The predicted octanol–water partition coefficient (Wildman–Crippen LogP) is 3.35. The van der Waals surface area contributed by atoms with Crippen LogP contribution in [0.2, 0.25) is 0 Å². The largest absolute Gasteiger partial charge is 0.481 e. The minimum Gasteiger partial charge on any atom is -0.481 e. The summed E-state index contributed by atoms with van der Waals surface area (Å²) in [6, 6.07) is 13.8. The lowest BCUT2D eigenvalue weighted by Crippen LogP contribution is -2.47. The molecule has 2 aromatic rings. The van der Waals surface area contributed by atoms with Crippen molar-refractivity contribution in [3.63, 3.8) is 0 Å². The maximum absolute atomic E-state index is 12.2. The topological polar surface area (TPSA) is 96.5 Å². The maximum Gasteiger partial charge on any atom is 0.279 e. The average Bonchev–Trinajstić information content (AvgIpc) is 2.72. The first-order valence-electron chi connectivity index (χ1n) is 9.62. The lowest BCUT2D eigenvalue weighted by molar-refractivity contribution is -0.128. The lowest BCUT2D eigenvalue weighted by Gasteiger charge is -2.15. The molecular weight excluding hydrogens is 370 g/mol. The van der Waals surface area contributed by atoms with Crippen molar-refractivity contribution in [3.05, 3.63) is 59.7 Å². The second kappa shape index (κ2) is 10.8. The Morgan fingerprint density at radius 2 is 1.62 bits per heavy atom. The number of unbranched alkanes of at least 4 members (excludes halogenated alkanes) is 1. The Labute approximate surface area is 170 Å². The van der Waals surface area contributed by atoms with E-state index in [4.69, 9.17) is 4.74 Å². The first-order valence-corrected chi connectivity index (χ1v) is 9.62. The summed E-state index contributed by atoms with van der Waals surface area (Å²) < 4.78 is 5.55. The molecule has 0 bridgehead atoms. The molecule has 3 amide bonds. The zero-order chi connectivity index (χ0) is 21.2. The molecule has 0 aromatic heterocycles. The number of benzene rings is 2. The van der Waals surface area contributed by atoms with Gasteiger partial charge in [-0.05, 0) is 56.7 Å². The summed E-state index contributed by atoms with van der Waals surface area (Å²) in [6.45, 7) is 5.58. The van der Waals surface area contributed by atoms with Gasteiger partial charge >= 0.3 is 0 Å². The van der Waals surface area contributed by atoms with Gasteiger partial charge in [-0.2, -0.15) is 0 Å². The van der Waals surface area contributed by atoms with E-state index >= 15 is 0 Å². The van der Waals surface area contributed by atoms with Gasteiger partial charge in [0.25, 0.3) is 11.8 Å². The third-order valence-corrected chi connectivity index (χ3v) is 4.19. The molecule has 0 aliphatic rings. The van der Waals surface area contributed by atoms with Crippen molar-refractivity contribution in [2.45, 2.75) is 46.1 Å². The van der Waals surface area contributed by atoms with Crippen LogP contribution in [0.15, 0.2) is 48.5 Å². The lowest BCUT2D eigenvalue weighted by atomic mass is 10.2. The molecule has 0 saturated heterocycles. The number of carbonyl (C=O) groups excluding carboxylic acids is 3. The first kappa shape index (κ1) is 21.9. The molecule has 0 saturated carbocycles. The Kier molecular flexibility index (Phi) is 8.21. The molecule has 2 rings (SSSR count). The summed E-state index contributed by atoms with van der Waals surface area (Å²) in [6.07, 6.45) is 1.47. The highest BCUT2D eigenvalue weighted by Gasteiger charge is 2.16. The Morgan fingerprint density at radius 1 is 0.966 bits per heavy atom. The number of aryl methyl sites for hydroxylation is 1. The average molecular weight is 397 g/mol. The molecule has 7 heteroatoms. The number of carbonyl (C=O) groups is 3. The van der Waals surface area contributed by atoms with E-state index in [1.54, 1.807) is 43.3 Å². The molecule has 7 nitrogen and oxygen atoms in total. The number of ether oxygens (including phenoxy) is 1. The highest BCUT2D eigenvalue weighted by Crippen LogP contribution is 2.13. The number of rotatable bonds is 8. The van der Waals surface area contributed by atoms with Crippen LogP contribution in [0, 0.1) is 6.92 Å². The smallest absolute Gasteiger partial charge is 0.279 e. The van der Waals surface area contributed by atoms with Crippen molar-refractivity contribution >= 4 is 23.4 Å². The predicted molar refractivity (Wildman–Crippen MR) is 111 cm³/mol. The summed E-state index contributed by atoms with van der Waals surface area (Å²) in [5, 5.41) is 2.78. The minimum absolute atomic E-state index is 0.0566. The van der Waals surface area contributed by atoms with Crippen LogP contribution in [-0.4, -0.2) is 23.8 Å². The van der Waals surface area contributed by atoms with Crippen molar-refractivity contribution in [3.8, 4) is 5.75 Å². The molecule has 0 fully saturated rings. The summed E-state index contributed by atoms with van der Waals surface area (Å²) in [7, 11) is 0. The SMILES string of the molecule is CCCCC(=O)Nc1ccc(C(=O)NNC(=O)C(C)Oc2ccc(C)cc2)cc1. The van der Waals surface area contributed by atoms with Gasteiger partial charge in [-0.3, -0.25) is 25.2 Å². The van der Waals surface area contributed by atoms with Crippen molar-refractivity contribution in [2.24, 2.45) is 0 Å². The molecule has 0 spiro atoms. The quantitative estimate of drug-likeness (QED) is 0.595. The summed E-state index contributed by atoms with van der Waals surface area (Å²) in [5.74, 6) is -0.427. The zero-order valence-corrected chi connectivity index (χ0v) is 17.0. The van der Waals surface area contributed by atoms with E-state index in [0.29, 0.717) is 23.4 Å². The second-order valence-electron chi connectivity index (χ2n) is 6.75. The van der Waals surface area contributed by atoms with Crippen molar-refractivity contribution in [2.75, 3.05) is 5.32 Å². The standard InChI is InChI=1S/C22H27N3O4/c1-4-5-6-20(26)23-18-11-9-17(10-12-18)22(28)25-24-21(27)16(3)29-19-13-7-15(2)8-14-19/h7-14,16H,4-6H2,1-3H3,(H,23,26)(H,24,27)(H,25,28). The number of hydrogen-bond donors (Lipinski definition) is 3. The van der Waals surface area contributed by atoms with E-state index in [2.05, 4.69) is 16.2 Å². The molecule has 29 heavy (non-hydrogen) atoms. The number of anilines is 1. The number of amides is 3. The van der Waals surface area contributed by atoms with Crippen LogP contribution in [0.4, 0.5) is 5.69 Å². The van der Waals surface area contributed by atoms with Crippen molar-refractivity contribution < 1.29 is 19.1 Å². The molecule has 0 aliphatic heterocycles. The summed E-state index contributed by atoms with van der Waals surface area (Å²) in [4.78, 5) is 36.0. The monoisotopic (exact) mass is 397 g/mol. The number of hydrogen-bond acceptors (Lipinski definition) is 4. The second-order valence-corrected chi connectivity index (χ2v) is 6.75. The molecule has 0 radical (unpaired) electrons. The Bertz CT molecular complexity index is 832. The summed E-state index contributed by atoms with van der Waals surface area (Å²) in [5.41, 5.74) is 6.77. The van der Waals surface area contributed by atoms with Gasteiger partial charge in [0.15, 0.2) is 6.10 Å². The normalized spacial score (nSPS) is 11.3. The van der Waals surface area contributed by atoms with Crippen LogP contribution < -0.4 is 20.9 Å². The van der Waals surface area contributed by atoms with Gasteiger partial charge in [0.05, 0.1) is 0 Å². The van der Waals surface area contributed by atoms with Crippen LogP contribution in [0.3, 0.4) is 0 Å². The van der Waals surface area contributed by atoms with E-state index in [0.717, 1.165) is 18.4 Å². The third kappa shape index (κ3) is 7.29. The van der Waals surface area contributed by atoms with Crippen LogP contribution in [-0.2, 0) is 9.59 Å². The minimum atomic E-state index is -0.779. The van der Waals surface area contributed by atoms with Gasteiger partial charge in [-0.1, -0.05) is 31.0 Å². The van der Waals surface area contributed by atoms with E-state index in [1.165, 1.54) is 0 Å². The van der Waals surface area contributed by atoms with Crippen LogP contribution in [0.1, 0.15) is 49.0 Å². The van der Waals surface area contributed by atoms with Gasteiger partial charge < -0.3 is 10.1 Å². The summed E-state index contributed by atoms with van der Waals surface area (Å²) >= 11 is 0. The first-order chi connectivity index (χ1) is 13.9. The van der Waals surface area contributed by atoms with E-state index in [-0.39, 0.29) is 5.91 Å². The van der Waals surface area contributed by atoms with Gasteiger partial charge in [0.1, 0.15) is 5.75 Å². The van der Waals surface area contributed by atoms with E-state index in [1.807, 2.05) is 26.0 Å². The van der Waals surface area contributed by atoms with Crippen LogP contribution >= 0.6 is 0 Å². The number of hydrazine groups is 1. The van der Waals surface area contributed by atoms with Crippen molar-refractivity contribution in [1.29, 1.82) is 0 Å². The molecule has 2 aromatic carbocycles. The van der Waals surface area contributed by atoms with Gasteiger partial charge in [0.2, 0.25) is 5.91 Å². The van der Waals surface area contributed by atoms with Gasteiger partial charge in [-0.25, -0.2) is 0 Å². The fraction of sp³-hybridized carbons (Fsp3) is 0.318. The van der Waals surface area contributed by atoms with E-state index < -0.39 is 17.9 Å². The Balaban J connectivity index is 1.81. The molecule has 0 aliphatic carbocycles. The fourth-order valence-electron chi connectivity index (χ4n) is 2.43. The fourth-order valence-corrected chi connectivity index (χ4v) is 2.43. The highest BCUT2D eigenvalue weighted by molar-refractivity contribution is 5.97. The molecule has 154 valence electrons. The molecule has 1 atom stereocenters. The Hall–Kier alpha value is -3.35. The van der Waals surface area contributed by atoms with Gasteiger partial charge in [0, 0.05) is 17.7 Å². The molecule has 1 unspecified atom stereocenters. The zero-order valence-electron chi connectivity index (χ0n) is 17.0. The van der Waals surface area contributed by atoms with Crippen LogP contribution in [0.25, 0.3) is 0 Å². The Morgan fingerprint density at radius 3 is 2.24 bits per heavy atom. The molecule has 0 heterocycles. The van der Waals surface area contributed by atoms with Crippen LogP contribution in [0.5, 0.6) is 5.75 Å². The maximum atomic E-state index is 12.2. The molecular formula is C22H27N3O4. The van der Waals surface area contributed by atoms with E-state index in [9.17, 15) is 14.4 Å². The van der Waals surface area contributed by atoms with Crippen molar-refractivity contribution in [1.82, 2.24) is 10.9 Å². The highest BCUT2D eigenvalue weighted by atomic mass is 16.5. The molecule has 3 N–H and O–H groups in total. The number of nitrogens with one attached hydrogen (secondary N) is 3.